The Morgan fingerprint density at radius 3 is 2.93 bits per heavy atom. The van der Waals surface area contributed by atoms with Crippen molar-refractivity contribution < 1.29 is 15.0 Å². The molecule has 1 aromatic heterocycles. The van der Waals surface area contributed by atoms with Crippen LogP contribution in [0.1, 0.15) is 24.0 Å². The maximum atomic E-state index is 11.1. The molecule has 0 bridgehead atoms. The number of aromatic nitrogens is 1. The van der Waals surface area contributed by atoms with E-state index in [9.17, 15) is 9.90 Å². The second kappa shape index (κ2) is 3.25. The molecule has 0 fully saturated rings. The summed E-state index contributed by atoms with van der Waals surface area (Å²) in [6.45, 7) is 0. The van der Waals surface area contributed by atoms with E-state index in [4.69, 9.17) is 16.7 Å². The van der Waals surface area contributed by atoms with Gasteiger partial charge in [0.2, 0.25) is 0 Å². The van der Waals surface area contributed by atoms with E-state index in [1.165, 1.54) is 0 Å². The zero-order chi connectivity index (χ0) is 11.2. The maximum absolute atomic E-state index is 11.1. The van der Waals surface area contributed by atoms with Crippen LogP contribution in [0, 0.1) is 0 Å². The number of aliphatic carboxylic acids is 1. The summed E-state index contributed by atoms with van der Waals surface area (Å²) in [5, 5.41) is 19.6. The molecule has 0 aromatic carbocycles. The van der Waals surface area contributed by atoms with Crippen LogP contribution in [0.2, 0.25) is 5.15 Å². The molecule has 1 atom stereocenters. The predicted molar refractivity (Wildman–Crippen MR) is 54.9 cm³/mol. The summed E-state index contributed by atoms with van der Waals surface area (Å²) >= 11 is 6.02. The number of hydrogen-bond acceptors (Lipinski definition) is 2. The van der Waals surface area contributed by atoms with Crippen LogP contribution < -0.4 is 0 Å². The van der Waals surface area contributed by atoms with Crippen LogP contribution in [0.5, 0.6) is 0 Å². The van der Waals surface area contributed by atoms with Crippen molar-refractivity contribution >= 4 is 17.6 Å². The molecule has 1 aromatic rings. The number of fused-ring (bicyclic) bond motifs is 1. The first-order valence-electron chi connectivity index (χ1n) is 4.77. The Morgan fingerprint density at radius 1 is 1.67 bits per heavy atom. The van der Waals surface area contributed by atoms with Gasteiger partial charge in [0.05, 0.1) is 0 Å². The third kappa shape index (κ3) is 1.36. The fourth-order valence-corrected chi connectivity index (χ4v) is 2.37. The van der Waals surface area contributed by atoms with Crippen molar-refractivity contribution in [2.24, 2.45) is 7.05 Å². The zero-order valence-corrected chi connectivity index (χ0v) is 9.08. The molecule has 0 radical (unpaired) electrons. The van der Waals surface area contributed by atoms with Gasteiger partial charge >= 0.3 is 5.97 Å². The number of carbonyl (C=O) groups is 1. The Bertz CT molecular complexity index is 427. The molecular weight excluding hydrogens is 218 g/mol. The Morgan fingerprint density at radius 2 is 2.33 bits per heavy atom. The molecule has 1 heterocycles. The van der Waals surface area contributed by atoms with Crippen LogP contribution >= 0.6 is 11.6 Å². The maximum Gasteiger partial charge on any atom is 0.340 e. The number of aryl methyl sites for hydroxylation is 1. The number of rotatable bonds is 1. The minimum Gasteiger partial charge on any atom is -0.479 e. The lowest BCUT2D eigenvalue weighted by molar-refractivity contribution is -0.161. The highest BCUT2D eigenvalue weighted by molar-refractivity contribution is 6.30. The SMILES string of the molecule is Cn1cc2c(c1Cl)CCCC2(O)C(=O)O. The quantitative estimate of drug-likeness (QED) is 0.763. The van der Waals surface area contributed by atoms with E-state index in [-0.39, 0.29) is 6.42 Å². The number of hydrogen-bond donors (Lipinski definition) is 2. The van der Waals surface area contributed by atoms with Crippen LogP contribution in [0.4, 0.5) is 0 Å². The molecular formula is C10H12ClNO3. The molecule has 1 unspecified atom stereocenters. The number of nitrogens with zero attached hydrogens (tertiary/aromatic N) is 1. The number of aliphatic hydroxyl groups is 1. The van der Waals surface area contributed by atoms with Crippen molar-refractivity contribution in [2.45, 2.75) is 24.9 Å². The Hall–Kier alpha value is -1.00. The molecule has 4 nitrogen and oxygen atoms in total. The van der Waals surface area contributed by atoms with Gasteiger partial charge in [0.15, 0.2) is 5.60 Å². The van der Waals surface area contributed by atoms with Gasteiger partial charge in [0.1, 0.15) is 5.15 Å². The summed E-state index contributed by atoms with van der Waals surface area (Å²) in [6.07, 6.45) is 3.21. The van der Waals surface area contributed by atoms with E-state index in [0.29, 0.717) is 17.1 Å². The number of carboxylic acid groups (broad SMARTS) is 1. The van der Waals surface area contributed by atoms with Crippen molar-refractivity contribution in [1.29, 1.82) is 0 Å². The molecule has 0 saturated heterocycles. The average molecular weight is 230 g/mol. The van der Waals surface area contributed by atoms with E-state index < -0.39 is 11.6 Å². The van der Waals surface area contributed by atoms with Gasteiger partial charge in [-0.1, -0.05) is 11.6 Å². The minimum atomic E-state index is -1.77. The van der Waals surface area contributed by atoms with Crippen LogP contribution in [-0.2, 0) is 23.9 Å². The summed E-state index contributed by atoms with van der Waals surface area (Å²) in [7, 11) is 1.74. The molecule has 1 aliphatic rings. The highest BCUT2D eigenvalue weighted by atomic mass is 35.5. The van der Waals surface area contributed by atoms with Crippen LogP contribution in [-0.4, -0.2) is 20.7 Å². The summed E-state index contributed by atoms with van der Waals surface area (Å²) in [4.78, 5) is 11.1. The van der Waals surface area contributed by atoms with Crippen LogP contribution in [0.25, 0.3) is 0 Å². The standard InChI is InChI=1S/C10H12ClNO3/c1-12-5-7-6(8(12)11)3-2-4-10(7,15)9(13)14/h5,15H,2-4H2,1H3,(H,13,14). The molecule has 0 saturated carbocycles. The Labute approximate surface area is 92.1 Å². The zero-order valence-electron chi connectivity index (χ0n) is 8.33. The second-order valence-electron chi connectivity index (χ2n) is 3.94. The summed E-state index contributed by atoms with van der Waals surface area (Å²) < 4.78 is 1.64. The lowest BCUT2D eigenvalue weighted by Gasteiger charge is -2.28. The van der Waals surface area contributed by atoms with Crippen LogP contribution in [0.3, 0.4) is 0 Å². The Kier molecular flexibility index (Phi) is 2.28. The predicted octanol–water partition coefficient (Wildman–Crippen LogP) is 1.29. The Balaban J connectivity index is 2.61. The smallest absolute Gasteiger partial charge is 0.340 e. The molecule has 0 amide bonds. The van der Waals surface area contributed by atoms with Crippen molar-refractivity contribution in [3.8, 4) is 0 Å². The monoisotopic (exact) mass is 229 g/mol. The molecule has 82 valence electrons. The van der Waals surface area contributed by atoms with Gasteiger partial charge < -0.3 is 14.8 Å². The first-order valence-corrected chi connectivity index (χ1v) is 5.14. The lowest BCUT2D eigenvalue weighted by Crippen LogP contribution is -2.38. The van der Waals surface area contributed by atoms with Crippen LogP contribution in [0.15, 0.2) is 6.20 Å². The van der Waals surface area contributed by atoms with Gasteiger partial charge in [-0.05, 0) is 24.8 Å². The van der Waals surface area contributed by atoms with E-state index in [1.807, 2.05) is 0 Å². The number of carboxylic acids is 1. The third-order valence-electron chi connectivity index (χ3n) is 2.97. The van der Waals surface area contributed by atoms with Gasteiger partial charge in [0, 0.05) is 18.8 Å². The van der Waals surface area contributed by atoms with Crippen molar-refractivity contribution in [2.75, 3.05) is 0 Å². The summed E-state index contributed by atoms with van der Waals surface area (Å²) in [5.74, 6) is -1.20. The van der Waals surface area contributed by atoms with E-state index in [0.717, 1.165) is 12.0 Å². The van der Waals surface area contributed by atoms with Gasteiger partial charge in [-0.3, -0.25) is 0 Å². The highest BCUT2D eigenvalue weighted by Crippen LogP contribution is 2.39. The lowest BCUT2D eigenvalue weighted by atomic mass is 9.81. The van der Waals surface area contributed by atoms with Gasteiger partial charge in [0.25, 0.3) is 0 Å². The van der Waals surface area contributed by atoms with Crippen molar-refractivity contribution in [3.05, 3.63) is 22.5 Å². The second-order valence-corrected chi connectivity index (χ2v) is 4.30. The molecule has 1 aliphatic carbocycles. The van der Waals surface area contributed by atoms with Gasteiger partial charge in [-0.2, -0.15) is 0 Å². The third-order valence-corrected chi connectivity index (χ3v) is 3.47. The average Bonchev–Trinajstić information content (AvgIpc) is 2.46. The molecule has 2 rings (SSSR count). The first-order chi connectivity index (χ1) is 6.97. The van der Waals surface area contributed by atoms with Gasteiger partial charge in [-0.15, -0.1) is 0 Å². The van der Waals surface area contributed by atoms with E-state index in [2.05, 4.69) is 0 Å². The largest absolute Gasteiger partial charge is 0.479 e. The number of halogens is 1. The van der Waals surface area contributed by atoms with Crippen molar-refractivity contribution in [3.63, 3.8) is 0 Å². The summed E-state index contributed by atoms with van der Waals surface area (Å²) in [6, 6.07) is 0. The van der Waals surface area contributed by atoms with E-state index in [1.54, 1.807) is 17.8 Å². The molecule has 5 heteroatoms. The van der Waals surface area contributed by atoms with Crippen molar-refractivity contribution in [1.82, 2.24) is 4.57 Å². The topological polar surface area (TPSA) is 62.5 Å². The minimum absolute atomic E-state index is 0.246. The van der Waals surface area contributed by atoms with Gasteiger partial charge in [-0.25, -0.2) is 4.79 Å². The molecule has 0 spiro atoms. The fraction of sp³-hybridized carbons (Fsp3) is 0.500. The molecule has 15 heavy (non-hydrogen) atoms. The summed E-state index contributed by atoms with van der Waals surface area (Å²) in [5.41, 5.74) is -0.567. The molecule has 2 N–H and O–H groups in total. The first kappa shape index (κ1) is 10.5. The van der Waals surface area contributed by atoms with E-state index >= 15 is 0 Å². The highest BCUT2D eigenvalue weighted by Gasteiger charge is 2.43. The molecule has 0 aliphatic heterocycles. The fourth-order valence-electron chi connectivity index (χ4n) is 2.12. The normalized spacial score (nSPS) is 25.0.